The van der Waals surface area contributed by atoms with E-state index in [-0.39, 0.29) is 29.8 Å². The van der Waals surface area contributed by atoms with Crippen LogP contribution in [0.3, 0.4) is 0 Å². The number of fused-ring (bicyclic) bond motifs is 2. The second-order valence-electron chi connectivity index (χ2n) is 10.3. The number of ether oxygens (including phenoxy) is 4. The third kappa shape index (κ3) is 5.33. The van der Waals surface area contributed by atoms with E-state index in [1.54, 1.807) is 16.7 Å². The molecule has 43 heavy (non-hydrogen) atoms. The number of nitrogens with one attached hydrogen (secondary N) is 2. The van der Waals surface area contributed by atoms with Crippen molar-refractivity contribution >= 4 is 29.0 Å². The summed E-state index contributed by atoms with van der Waals surface area (Å²) in [4.78, 5) is 36.9. The van der Waals surface area contributed by atoms with Gasteiger partial charge < -0.3 is 29.4 Å². The number of urea groups is 1. The molecule has 2 aromatic carbocycles. The number of benzene rings is 2. The molecule has 0 bridgehead atoms. The monoisotopic (exact) mass is 594 g/mol. The van der Waals surface area contributed by atoms with Crippen molar-refractivity contribution in [2.24, 2.45) is 0 Å². The van der Waals surface area contributed by atoms with Crippen LogP contribution in [-0.4, -0.2) is 67.6 Å². The molecule has 4 aromatic rings. The number of halogens is 2. The van der Waals surface area contributed by atoms with Crippen LogP contribution in [0.5, 0.6) is 5.75 Å². The lowest BCUT2D eigenvalue weighted by Crippen LogP contribution is -2.33. The van der Waals surface area contributed by atoms with Crippen molar-refractivity contribution in [1.82, 2.24) is 24.8 Å². The Morgan fingerprint density at radius 3 is 2.53 bits per heavy atom. The highest BCUT2D eigenvalue weighted by molar-refractivity contribution is 5.96. The molecule has 4 heterocycles. The largest absolute Gasteiger partial charge is 0.490 e. The number of aromatic carboxylic acids is 1. The van der Waals surface area contributed by atoms with Crippen LogP contribution in [-0.2, 0) is 14.2 Å². The molecule has 5 atom stereocenters. The summed E-state index contributed by atoms with van der Waals surface area (Å²) in [5.41, 5.74) is 1.00. The predicted molar refractivity (Wildman–Crippen MR) is 142 cm³/mol. The molecule has 0 radical (unpaired) electrons. The third-order valence-corrected chi connectivity index (χ3v) is 7.34. The normalized spacial score (nSPS) is 24.6. The van der Waals surface area contributed by atoms with Gasteiger partial charge in [-0.3, -0.25) is 9.88 Å². The maximum absolute atomic E-state index is 13.9. The molecular weight excluding hydrogens is 570 g/mol. The summed E-state index contributed by atoms with van der Waals surface area (Å²) in [5, 5.41) is 15.0. The van der Waals surface area contributed by atoms with Gasteiger partial charge in [-0.1, -0.05) is 12.1 Å². The average molecular weight is 595 g/mol. The molecular formula is C28H24F2N6O7. The summed E-state index contributed by atoms with van der Waals surface area (Å²) < 4.78 is 53.6. The van der Waals surface area contributed by atoms with Crippen LogP contribution in [0.15, 0.2) is 55.1 Å². The van der Waals surface area contributed by atoms with Crippen molar-refractivity contribution in [2.75, 3.05) is 11.9 Å². The van der Waals surface area contributed by atoms with Crippen LogP contribution in [0, 0.1) is 11.6 Å². The number of anilines is 1. The fourth-order valence-corrected chi connectivity index (χ4v) is 5.12. The number of carboxylic acids is 1. The molecule has 2 aromatic heterocycles. The summed E-state index contributed by atoms with van der Waals surface area (Å²) >= 11 is 0. The maximum atomic E-state index is 13.9. The van der Waals surface area contributed by atoms with Gasteiger partial charge in [0.1, 0.15) is 54.2 Å². The Balaban J connectivity index is 1.18. The second-order valence-corrected chi connectivity index (χ2v) is 10.3. The number of carbonyl (C=O) groups excluding carboxylic acids is 1. The van der Waals surface area contributed by atoms with Crippen LogP contribution in [0.2, 0.25) is 0 Å². The summed E-state index contributed by atoms with van der Waals surface area (Å²) in [7, 11) is 0. The molecule has 2 amide bonds. The number of rotatable bonds is 8. The highest BCUT2D eigenvalue weighted by Crippen LogP contribution is 2.45. The van der Waals surface area contributed by atoms with Crippen LogP contribution in [0.25, 0.3) is 11.2 Å². The Morgan fingerprint density at radius 1 is 1.00 bits per heavy atom. The highest BCUT2D eigenvalue weighted by Gasteiger charge is 2.54. The van der Waals surface area contributed by atoms with E-state index in [4.69, 9.17) is 18.9 Å². The molecule has 2 aliphatic heterocycles. The highest BCUT2D eigenvalue weighted by atomic mass is 19.1. The van der Waals surface area contributed by atoms with Crippen molar-refractivity contribution in [3.63, 3.8) is 0 Å². The number of carboxylic acid groups (broad SMARTS) is 1. The fraction of sp³-hybridized carbons (Fsp3) is 0.321. The van der Waals surface area contributed by atoms with Crippen LogP contribution in [0.4, 0.5) is 19.4 Å². The quantitative estimate of drug-likeness (QED) is 0.275. The van der Waals surface area contributed by atoms with Gasteiger partial charge in [0.05, 0.1) is 6.33 Å². The van der Waals surface area contributed by atoms with Gasteiger partial charge in [0.25, 0.3) is 0 Å². The fourth-order valence-electron chi connectivity index (χ4n) is 5.12. The minimum absolute atomic E-state index is 0.144. The number of nitrogens with zero attached hydrogens (tertiary/aromatic N) is 4. The van der Waals surface area contributed by atoms with Gasteiger partial charge in [-0.05, 0) is 37.1 Å². The van der Waals surface area contributed by atoms with Gasteiger partial charge in [-0.2, -0.15) is 0 Å². The van der Waals surface area contributed by atoms with Crippen LogP contribution in [0.1, 0.15) is 41.3 Å². The topological polar surface area (TPSA) is 159 Å². The Hall–Kier alpha value is -4.73. The van der Waals surface area contributed by atoms with Gasteiger partial charge in [-0.25, -0.2) is 33.3 Å². The van der Waals surface area contributed by atoms with Crippen molar-refractivity contribution in [3.8, 4) is 5.75 Å². The Labute approximate surface area is 241 Å². The zero-order chi connectivity index (χ0) is 29.7. The minimum atomic E-state index is -1.28. The van der Waals surface area contributed by atoms with Gasteiger partial charge in [0.15, 0.2) is 29.5 Å². The summed E-state index contributed by atoms with van der Waals surface area (Å²) in [6.45, 7) is -0.212. The lowest BCUT2D eigenvalue weighted by atomic mass is 10.1. The molecule has 1 aliphatic carbocycles. The second kappa shape index (κ2) is 10.8. The molecule has 3 aliphatic rings. The maximum Gasteiger partial charge on any atom is 0.339 e. The first kappa shape index (κ1) is 27.1. The first-order chi connectivity index (χ1) is 20.8. The van der Waals surface area contributed by atoms with E-state index in [0.29, 0.717) is 16.7 Å². The zero-order valence-electron chi connectivity index (χ0n) is 22.2. The van der Waals surface area contributed by atoms with Gasteiger partial charge >= 0.3 is 12.0 Å². The molecule has 3 fully saturated rings. The number of imidazole rings is 1. The van der Waals surface area contributed by atoms with E-state index in [2.05, 4.69) is 25.6 Å². The van der Waals surface area contributed by atoms with Crippen molar-refractivity contribution < 1.29 is 42.4 Å². The lowest BCUT2D eigenvalue weighted by Gasteiger charge is -2.22. The third-order valence-electron chi connectivity index (χ3n) is 7.34. The van der Waals surface area contributed by atoms with Gasteiger partial charge in [0.2, 0.25) is 0 Å². The molecule has 1 saturated carbocycles. The van der Waals surface area contributed by atoms with E-state index >= 15 is 0 Å². The Bertz CT molecular complexity index is 1700. The molecule has 7 rings (SSSR count). The number of amides is 2. The SMILES string of the molecule is O=C(Nc1ncnc2c1ncn2C1OC(COc2cc(F)ccc2C(=O)O)C2O[C@H](c3ccc(F)cc3)OC21)NC1CC1. The minimum Gasteiger partial charge on any atom is -0.490 e. The number of carbonyl (C=O) groups is 2. The smallest absolute Gasteiger partial charge is 0.339 e. The standard InChI is InChI=1S/C28H24F2N6O7/c29-14-3-1-13(2-4-14)27-42-21-19(10-40-18-9-15(30)5-8-17(18)26(37)38)41-25(22(21)43-27)36-12-33-20-23(31-11-32-24(20)36)35-28(39)34-16-6-7-16/h1-5,8-9,11-12,16,19,21-22,25,27H,6-7,10H2,(H,37,38)(H2,31,32,34,35,39)/t19?,21?,22?,25?,27-/m0/s1. The van der Waals surface area contributed by atoms with E-state index < -0.39 is 54.5 Å². The molecule has 15 heteroatoms. The average Bonchev–Trinajstić information content (AvgIpc) is 3.37. The predicted octanol–water partition coefficient (Wildman–Crippen LogP) is 3.55. The molecule has 222 valence electrons. The Kier molecular flexibility index (Phi) is 6.83. The zero-order valence-corrected chi connectivity index (χ0v) is 22.2. The molecule has 3 N–H and O–H groups in total. The van der Waals surface area contributed by atoms with Crippen LogP contribution >= 0.6 is 0 Å². The first-order valence-corrected chi connectivity index (χ1v) is 13.5. The van der Waals surface area contributed by atoms with Gasteiger partial charge in [0, 0.05) is 17.7 Å². The van der Waals surface area contributed by atoms with E-state index in [9.17, 15) is 23.5 Å². The van der Waals surface area contributed by atoms with Crippen molar-refractivity contribution in [1.29, 1.82) is 0 Å². The number of hydrogen-bond donors (Lipinski definition) is 3. The summed E-state index contributed by atoms with van der Waals surface area (Å²) in [5.74, 6) is -2.34. The Morgan fingerprint density at radius 2 is 1.77 bits per heavy atom. The van der Waals surface area contributed by atoms with Crippen molar-refractivity contribution in [3.05, 3.63) is 77.9 Å². The number of aromatic nitrogens is 4. The van der Waals surface area contributed by atoms with Gasteiger partial charge in [-0.15, -0.1) is 0 Å². The lowest BCUT2D eigenvalue weighted by molar-refractivity contribution is -0.152. The van der Waals surface area contributed by atoms with Crippen molar-refractivity contribution in [2.45, 2.75) is 49.7 Å². The number of hydrogen-bond acceptors (Lipinski definition) is 9. The molecule has 4 unspecified atom stereocenters. The van der Waals surface area contributed by atoms with Crippen LogP contribution < -0.4 is 15.4 Å². The molecule has 0 spiro atoms. The van der Waals surface area contributed by atoms with E-state index in [1.165, 1.54) is 24.8 Å². The molecule has 13 nitrogen and oxygen atoms in total. The molecule has 2 saturated heterocycles. The first-order valence-electron chi connectivity index (χ1n) is 13.5. The van der Waals surface area contributed by atoms with E-state index in [1.807, 2.05) is 0 Å². The summed E-state index contributed by atoms with van der Waals surface area (Å²) in [6, 6.07) is 8.52. The summed E-state index contributed by atoms with van der Waals surface area (Å²) in [6.07, 6.45) is 0.580. The van der Waals surface area contributed by atoms with E-state index in [0.717, 1.165) is 31.0 Å².